The highest BCUT2D eigenvalue weighted by Gasteiger charge is 2.30. The quantitative estimate of drug-likeness (QED) is 0.630. The molecule has 0 aromatic carbocycles. The van der Waals surface area contributed by atoms with Gasteiger partial charge in [-0.05, 0) is 13.3 Å². The van der Waals surface area contributed by atoms with Gasteiger partial charge in [0.15, 0.2) is 0 Å². The fraction of sp³-hybridized carbons (Fsp3) is 0.909. The molecule has 0 radical (unpaired) electrons. The third-order valence-electron chi connectivity index (χ3n) is 2.93. The van der Waals surface area contributed by atoms with E-state index in [9.17, 15) is 13.2 Å². The number of carboxylic acids is 1. The average Bonchev–Trinajstić information content (AvgIpc) is 2.35. The maximum absolute atomic E-state index is 12.4. The molecule has 1 unspecified atom stereocenters. The average molecular weight is 296 g/mol. The van der Waals surface area contributed by atoms with E-state index in [1.54, 1.807) is 0 Å². The normalized spacial score (nSPS) is 14.0. The van der Waals surface area contributed by atoms with Gasteiger partial charge in [0.25, 0.3) is 10.2 Å². The number of carbonyl (C=O) groups is 1. The molecule has 1 N–H and O–H groups in total. The first kappa shape index (κ1) is 18.3. The van der Waals surface area contributed by atoms with E-state index in [0.717, 1.165) is 4.31 Å². The highest BCUT2D eigenvalue weighted by Crippen LogP contribution is 2.13. The lowest BCUT2D eigenvalue weighted by Crippen LogP contribution is -2.47. The molecule has 0 aliphatic heterocycles. The van der Waals surface area contributed by atoms with Crippen LogP contribution in [0.4, 0.5) is 0 Å². The molecule has 0 aliphatic carbocycles. The lowest BCUT2D eigenvalue weighted by Gasteiger charge is -2.31. The first-order chi connectivity index (χ1) is 8.77. The van der Waals surface area contributed by atoms with Crippen molar-refractivity contribution in [3.8, 4) is 0 Å². The first-order valence-corrected chi connectivity index (χ1v) is 7.60. The molecule has 0 aromatic heterocycles. The molecule has 0 amide bonds. The Morgan fingerprint density at radius 1 is 1.37 bits per heavy atom. The summed E-state index contributed by atoms with van der Waals surface area (Å²) in [7, 11) is -0.758. The van der Waals surface area contributed by atoms with Crippen LogP contribution >= 0.6 is 0 Å². The van der Waals surface area contributed by atoms with Crippen LogP contribution in [0.15, 0.2) is 0 Å². The highest BCUT2D eigenvalue weighted by atomic mass is 32.2. The van der Waals surface area contributed by atoms with Gasteiger partial charge in [0.1, 0.15) is 0 Å². The van der Waals surface area contributed by atoms with Gasteiger partial charge in [0, 0.05) is 33.3 Å². The molecule has 0 bridgehead atoms. The van der Waals surface area contributed by atoms with Crippen LogP contribution in [0.2, 0.25) is 0 Å². The van der Waals surface area contributed by atoms with E-state index in [0.29, 0.717) is 13.0 Å². The van der Waals surface area contributed by atoms with Gasteiger partial charge in [-0.3, -0.25) is 4.79 Å². The van der Waals surface area contributed by atoms with Crippen LogP contribution in [-0.4, -0.2) is 68.0 Å². The Morgan fingerprint density at radius 3 is 2.37 bits per heavy atom. The molecule has 0 spiro atoms. The number of hydrogen-bond acceptors (Lipinski definition) is 4. The molecule has 0 heterocycles. The van der Waals surface area contributed by atoms with Gasteiger partial charge in [-0.2, -0.15) is 17.0 Å². The Kier molecular flexibility index (Phi) is 8.15. The summed E-state index contributed by atoms with van der Waals surface area (Å²) in [5.41, 5.74) is 0. The van der Waals surface area contributed by atoms with Gasteiger partial charge in [0.05, 0.1) is 13.0 Å². The zero-order chi connectivity index (χ0) is 15.1. The molecular weight excluding hydrogens is 272 g/mol. The molecule has 8 heteroatoms. The summed E-state index contributed by atoms with van der Waals surface area (Å²) < 4.78 is 32.0. The summed E-state index contributed by atoms with van der Waals surface area (Å²) in [4.78, 5) is 10.5. The third-order valence-corrected chi connectivity index (χ3v) is 5.03. The van der Waals surface area contributed by atoms with Crippen LogP contribution in [0.1, 0.15) is 26.7 Å². The van der Waals surface area contributed by atoms with Gasteiger partial charge >= 0.3 is 5.97 Å². The fourth-order valence-corrected chi connectivity index (χ4v) is 3.08. The summed E-state index contributed by atoms with van der Waals surface area (Å²) in [6, 6.07) is -0.160. The summed E-state index contributed by atoms with van der Waals surface area (Å²) in [5.74, 6) is -1.02. The zero-order valence-corrected chi connectivity index (χ0v) is 12.8. The SMILES string of the molecule is CCC(C)N(CCOC)S(=O)(=O)N(C)CCC(=O)O. The van der Waals surface area contributed by atoms with Crippen molar-refractivity contribution < 1.29 is 23.1 Å². The molecule has 1 atom stereocenters. The fourth-order valence-electron chi connectivity index (χ4n) is 1.50. The summed E-state index contributed by atoms with van der Waals surface area (Å²) in [5, 5.41) is 8.61. The van der Waals surface area contributed by atoms with Gasteiger partial charge < -0.3 is 9.84 Å². The maximum atomic E-state index is 12.4. The Balaban J connectivity index is 4.89. The van der Waals surface area contributed by atoms with Gasteiger partial charge in [-0.1, -0.05) is 6.92 Å². The van der Waals surface area contributed by atoms with E-state index in [1.807, 2.05) is 13.8 Å². The molecule has 0 rings (SSSR count). The molecule has 0 aromatic rings. The monoisotopic (exact) mass is 296 g/mol. The van der Waals surface area contributed by atoms with Crippen molar-refractivity contribution in [2.24, 2.45) is 0 Å². The molecule has 0 saturated heterocycles. The highest BCUT2D eigenvalue weighted by molar-refractivity contribution is 7.86. The van der Waals surface area contributed by atoms with Crippen LogP contribution in [0, 0.1) is 0 Å². The predicted octanol–water partition coefficient (Wildman–Crippen LogP) is 0.385. The molecule has 114 valence electrons. The lowest BCUT2D eigenvalue weighted by molar-refractivity contribution is -0.137. The number of carboxylic acid groups (broad SMARTS) is 1. The number of hydrogen-bond donors (Lipinski definition) is 1. The van der Waals surface area contributed by atoms with Gasteiger partial charge in [0.2, 0.25) is 0 Å². The van der Waals surface area contributed by atoms with E-state index in [-0.39, 0.29) is 25.6 Å². The summed E-state index contributed by atoms with van der Waals surface area (Å²) in [6.45, 7) is 4.23. The molecular formula is C11H24N2O5S. The van der Waals surface area contributed by atoms with Crippen molar-refractivity contribution in [1.82, 2.24) is 8.61 Å². The van der Waals surface area contributed by atoms with Crippen molar-refractivity contribution in [3.63, 3.8) is 0 Å². The minimum atomic E-state index is -3.66. The third kappa shape index (κ3) is 5.85. The Labute approximate surface area is 115 Å². The van der Waals surface area contributed by atoms with E-state index in [4.69, 9.17) is 9.84 Å². The molecule has 0 aliphatic rings. The minimum absolute atomic E-state index is 0.0441. The van der Waals surface area contributed by atoms with E-state index in [1.165, 1.54) is 18.5 Å². The molecule has 0 fully saturated rings. The largest absolute Gasteiger partial charge is 0.481 e. The number of aliphatic carboxylic acids is 1. The first-order valence-electron chi connectivity index (χ1n) is 6.21. The standard InChI is InChI=1S/C11H24N2O5S/c1-5-10(2)13(8-9-18-4)19(16,17)12(3)7-6-11(14)15/h10H,5-9H2,1-4H3,(H,14,15). The van der Waals surface area contributed by atoms with Crippen LogP contribution < -0.4 is 0 Å². The maximum Gasteiger partial charge on any atom is 0.304 e. The van der Waals surface area contributed by atoms with E-state index in [2.05, 4.69) is 0 Å². The molecule has 0 saturated carbocycles. The van der Waals surface area contributed by atoms with Gasteiger partial charge in [-0.15, -0.1) is 0 Å². The van der Waals surface area contributed by atoms with Crippen LogP contribution in [0.3, 0.4) is 0 Å². The summed E-state index contributed by atoms with van der Waals surface area (Å²) in [6.07, 6.45) is 0.462. The topological polar surface area (TPSA) is 87.2 Å². The van der Waals surface area contributed by atoms with Crippen molar-refractivity contribution in [1.29, 1.82) is 0 Å². The predicted molar refractivity (Wildman–Crippen MR) is 72.1 cm³/mol. The van der Waals surface area contributed by atoms with E-state index >= 15 is 0 Å². The van der Waals surface area contributed by atoms with Crippen LogP contribution in [0.5, 0.6) is 0 Å². The zero-order valence-electron chi connectivity index (χ0n) is 12.0. The Bertz CT molecular complexity index is 371. The van der Waals surface area contributed by atoms with Crippen molar-refractivity contribution in [3.05, 3.63) is 0 Å². The van der Waals surface area contributed by atoms with Crippen LogP contribution in [0.25, 0.3) is 0 Å². The van der Waals surface area contributed by atoms with E-state index < -0.39 is 16.2 Å². The Hall–Kier alpha value is -0.700. The molecule has 7 nitrogen and oxygen atoms in total. The minimum Gasteiger partial charge on any atom is -0.481 e. The summed E-state index contributed by atoms with van der Waals surface area (Å²) >= 11 is 0. The van der Waals surface area contributed by atoms with Crippen LogP contribution in [-0.2, 0) is 19.7 Å². The lowest BCUT2D eigenvalue weighted by atomic mass is 10.3. The number of ether oxygens (including phenoxy) is 1. The molecule has 19 heavy (non-hydrogen) atoms. The number of nitrogens with zero attached hydrogens (tertiary/aromatic N) is 2. The number of methoxy groups -OCH3 is 1. The second kappa shape index (κ2) is 8.47. The van der Waals surface area contributed by atoms with Crippen molar-refractivity contribution in [2.75, 3.05) is 33.9 Å². The smallest absolute Gasteiger partial charge is 0.304 e. The number of rotatable bonds is 10. The van der Waals surface area contributed by atoms with Crippen molar-refractivity contribution >= 4 is 16.2 Å². The second-order valence-electron chi connectivity index (χ2n) is 4.33. The van der Waals surface area contributed by atoms with Gasteiger partial charge in [-0.25, -0.2) is 0 Å². The second-order valence-corrected chi connectivity index (χ2v) is 6.32. The Morgan fingerprint density at radius 2 is 1.95 bits per heavy atom. The van der Waals surface area contributed by atoms with Crippen molar-refractivity contribution in [2.45, 2.75) is 32.7 Å².